The Hall–Kier alpha value is -0.120. The highest BCUT2D eigenvalue weighted by Gasteiger charge is 2.36. The molecular weight excluding hydrogens is 130 g/mol. The molecule has 1 aliphatic carbocycles. The van der Waals surface area contributed by atoms with Gasteiger partial charge in [0.25, 0.3) is 0 Å². The van der Waals surface area contributed by atoms with Crippen LogP contribution in [-0.4, -0.2) is 29.5 Å². The Bertz CT molecular complexity index is 112. The topological polar surface area (TPSA) is 66.5 Å². The van der Waals surface area contributed by atoms with Crippen LogP contribution in [0.15, 0.2) is 0 Å². The van der Waals surface area contributed by atoms with E-state index < -0.39 is 0 Å². The first-order valence-corrected chi connectivity index (χ1v) is 3.71. The molecule has 0 bridgehead atoms. The van der Waals surface area contributed by atoms with Crippen LogP contribution in [-0.2, 0) is 0 Å². The maximum atomic E-state index is 9.16. The van der Waals surface area contributed by atoms with Crippen molar-refractivity contribution in [3.8, 4) is 0 Å². The zero-order valence-corrected chi connectivity index (χ0v) is 6.08. The molecule has 0 aromatic carbocycles. The van der Waals surface area contributed by atoms with E-state index in [1.165, 1.54) is 0 Å². The molecule has 1 aliphatic rings. The molecule has 3 nitrogen and oxygen atoms in total. The quantitative estimate of drug-likeness (QED) is 0.489. The van der Waals surface area contributed by atoms with Crippen molar-refractivity contribution >= 4 is 0 Å². The lowest BCUT2D eigenvalue weighted by molar-refractivity contribution is 0.109. The van der Waals surface area contributed by atoms with E-state index in [0.29, 0.717) is 13.0 Å². The van der Waals surface area contributed by atoms with Crippen molar-refractivity contribution in [3.05, 3.63) is 0 Å². The fraction of sp³-hybridized carbons (Fsp3) is 1.00. The van der Waals surface area contributed by atoms with Gasteiger partial charge in [0, 0.05) is 12.0 Å². The van der Waals surface area contributed by atoms with Crippen LogP contribution in [0.2, 0.25) is 0 Å². The van der Waals surface area contributed by atoms with E-state index in [1.54, 1.807) is 0 Å². The van der Waals surface area contributed by atoms with Crippen molar-refractivity contribution in [2.24, 2.45) is 11.1 Å². The summed E-state index contributed by atoms with van der Waals surface area (Å²) >= 11 is 0. The van der Waals surface area contributed by atoms with Crippen LogP contribution in [0.1, 0.15) is 19.3 Å². The van der Waals surface area contributed by atoms with Gasteiger partial charge in [0.05, 0.1) is 12.7 Å². The van der Waals surface area contributed by atoms with Crippen LogP contribution in [0, 0.1) is 5.41 Å². The van der Waals surface area contributed by atoms with E-state index in [-0.39, 0.29) is 18.1 Å². The molecule has 60 valence electrons. The van der Waals surface area contributed by atoms with Crippen molar-refractivity contribution in [3.63, 3.8) is 0 Å². The first-order chi connectivity index (χ1) is 4.72. The summed E-state index contributed by atoms with van der Waals surface area (Å²) in [5.41, 5.74) is 5.30. The summed E-state index contributed by atoms with van der Waals surface area (Å²) in [5, 5.41) is 18.1. The Morgan fingerprint density at radius 2 is 2.30 bits per heavy atom. The highest BCUT2D eigenvalue weighted by Crippen LogP contribution is 2.36. The summed E-state index contributed by atoms with van der Waals surface area (Å²) in [6, 6.07) is 0. The summed E-state index contributed by atoms with van der Waals surface area (Å²) < 4.78 is 0. The normalized spacial score (nSPS) is 40.5. The van der Waals surface area contributed by atoms with E-state index >= 15 is 0 Å². The number of nitrogens with two attached hydrogens (primary N) is 1. The fourth-order valence-corrected chi connectivity index (χ4v) is 1.57. The SMILES string of the molecule is NCC1(CO)CCC(O)C1. The van der Waals surface area contributed by atoms with E-state index in [2.05, 4.69) is 0 Å². The number of hydrogen-bond donors (Lipinski definition) is 3. The molecule has 0 radical (unpaired) electrons. The maximum Gasteiger partial charge on any atom is 0.0547 e. The number of aliphatic hydroxyl groups is 2. The molecule has 2 unspecified atom stereocenters. The molecule has 0 aromatic heterocycles. The summed E-state index contributed by atoms with van der Waals surface area (Å²) in [7, 11) is 0. The van der Waals surface area contributed by atoms with Gasteiger partial charge in [0.2, 0.25) is 0 Å². The molecule has 0 aromatic rings. The van der Waals surface area contributed by atoms with Crippen LogP contribution in [0.3, 0.4) is 0 Å². The van der Waals surface area contributed by atoms with Crippen molar-refractivity contribution in [2.75, 3.05) is 13.2 Å². The molecule has 2 atom stereocenters. The zero-order chi connectivity index (χ0) is 7.61. The predicted octanol–water partition coefficient (Wildman–Crippen LogP) is -0.531. The van der Waals surface area contributed by atoms with Crippen molar-refractivity contribution in [1.29, 1.82) is 0 Å². The lowest BCUT2D eigenvalue weighted by Crippen LogP contribution is -2.32. The first kappa shape index (κ1) is 7.98. The van der Waals surface area contributed by atoms with E-state index in [4.69, 9.17) is 15.9 Å². The zero-order valence-electron chi connectivity index (χ0n) is 6.08. The molecule has 10 heavy (non-hydrogen) atoms. The fourth-order valence-electron chi connectivity index (χ4n) is 1.57. The van der Waals surface area contributed by atoms with Gasteiger partial charge < -0.3 is 15.9 Å². The Labute approximate surface area is 60.9 Å². The largest absolute Gasteiger partial charge is 0.396 e. The number of hydrogen-bond acceptors (Lipinski definition) is 3. The molecule has 0 amide bonds. The van der Waals surface area contributed by atoms with Gasteiger partial charge in [-0.25, -0.2) is 0 Å². The molecular formula is C7H15NO2. The Morgan fingerprint density at radius 3 is 2.50 bits per heavy atom. The molecule has 1 saturated carbocycles. The van der Waals surface area contributed by atoms with E-state index in [1.807, 2.05) is 0 Å². The molecule has 0 heterocycles. The third kappa shape index (κ3) is 1.31. The molecule has 4 N–H and O–H groups in total. The second kappa shape index (κ2) is 2.86. The maximum absolute atomic E-state index is 9.16. The molecule has 1 fully saturated rings. The van der Waals surface area contributed by atoms with Crippen LogP contribution in [0.4, 0.5) is 0 Å². The minimum Gasteiger partial charge on any atom is -0.396 e. The van der Waals surface area contributed by atoms with Gasteiger partial charge >= 0.3 is 0 Å². The summed E-state index contributed by atoms with van der Waals surface area (Å²) in [5.74, 6) is 0. The lowest BCUT2D eigenvalue weighted by Gasteiger charge is -2.23. The molecule has 1 rings (SSSR count). The molecule has 0 spiro atoms. The standard InChI is InChI=1S/C7H15NO2/c8-4-7(5-9)2-1-6(10)3-7/h6,9-10H,1-5,8H2. The average molecular weight is 145 g/mol. The van der Waals surface area contributed by atoms with Crippen LogP contribution >= 0.6 is 0 Å². The van der Waals surface area contributed by atoms with Gasteiger partial charge in [-0.3, -0.25) is 0 Å². The van der Waals surface area contributed by atoms with Crippen molar-refractivity contribution in [1.82, 2.24) is 0 Å². The van der Waals surface area contributed by atoms with E-state index in [9.17, 15) is 0 Å². The molecule has 0 aliphatic heterocycles. The smallest absolute Gasteiger partial charge is 0.0547 e. The van der Waals surface area contributed by atoms with Gasteiger partial charge in [0.1, 0.15) is 0 Å². The monoisotopic (exact) mass is 145 g/mol. The molecule has 3 heteroatoms. The van der Waals surface area contributed by atoms with Crippen molar-refractivity contribution < 1.29 is 10.2 Å². The van der Waals surface area contributed by atoms with Gasteiger partial charge in [0.15, 0.2) is 0 Å². The third-order valence-electron chi connectivity index (χ3n) is 2.44. The second-order valence-electron chi connectivity index (χ2n) is 3.26. The summed E-state index contributed by atoms with van der Waals surface area (Å²) in [6.45, 7) is 0.598. The Balaban J connectivity index is 2.51. The Morgan fingerprint density at radius 1 is 1.60 bits per heavy atom. The summed E-state index contributed by atoms with van der Waals surface area (Å²) in [6.07, 6.45) is 2.08. The van der Waals surface area contributed by atoms with Crippen LogP contribution in [0.5, 0.6) is 0 Å². The summed E-state index contributed by atoms with van der Waals surface area (Å²) in [4.78, 5) is 0. The number of rotatable bonds is 2. The van der Waals surface area contributed by atoms with Gasteiger partial charge in [-0.2, -0.15) is 0 Å². The Kier molecular flexibility index (Phi) is 2.28. The second-order valence-corrected chi connectivity index (χ2v) is 3.26. The highest BCUT2D eigenvalue weighted by molar-refractivity contribution is 4.89. The van der Waals surface area contributed by atoms with Gasteiger partial charge in [-0.1, -0.05) is 0 Å². The minimum atomic E-state index is -0.240. The van der Waals surface area contributed by atoms with Gasteiger partial charge in [-0.15, -0.1) is 0 Å². The lowest BCUT2D eigenvalue weighted by atomic mass is 9.87. The minimum absolute atomic E-state index is 0.112. The van der Waals surface area contributed by atoms with Crippen LogP contribution in [0.25, 0.3) is 0 Å². The predicted molar refractivity (Wildman–Crippen MR) is 38.4 cm³/mol. The average Bonchev–Trinajstić information content (AvgIpc) is 2.33. The highest BCUT2D eigenvalue weighted by atomic mass is 16.3. The van der Waals surface area contributed by atoms with Crippen molar-refractivity contribution in [2.45, 2.75) is 25.4 Å². The first-order valence-electron chi connectivity index (χ1n) is 3.71. The van der Waals surface area contributed by atoms with Crippen LogP contribution < -0.4 is 5.73 Å². The number of aliphatic hydroxyl groups excluding tert-OH is 2. The molecule has 0 saturated heterocycles. The third-order valence-corrected chi connectivity index (χ3v) is 2.44. The van der Waals surface area contributed by atoms with E-state index in [0.717, 1.165) is 12.8 Å². The van der Waals surface area contributed by atoms with Gasteiger partial charge in [-0.05, 0) is 19.3 Å².